The number of aromatic nitrogens is 2. The Balaban J connectivity index is 2.10. The third-order valence-electron chi connectivity index (χ3n) is 3.16. The van der Waals surface area contributed by atoms with Gasteiger partial charge < -0.3 is 9.51 Å². The first-order valence-electron chi connectivity index (χ1n) is 6.19. The van der Waals surface area contributed by atoms with Crippen molar-refractivity contribution in [3.63, 3.8) is 0 Å². The van der Waals surface area contributed by atoms with E-state index in [0.717, 1.165) is 10.0 Å². The van der Waals surface area contributed by atoms with Crippen LogP contribution < -0.4 is 0 Å². The van der Waals surface area contributed by atoms with E-state index in [1.165, 1.54) is 12.1 Å². The summed E-state index contributed by atoms with van der Waals surface area (Å²) >= 11 is 3.32. The molecule has 0 bridgehead atoms. The minimum atomic E-state index is -1.07. The first-order chi connectivity index (χ1) is 10.0. The molecule has 2 heterocycles. The van der Waals surface area contributed by atoms with Gasteiger partial charge in [0.15, 0.2) is 5.69 Å². The summed E-state index contributed by atoms with van der Waals surface area (Å²) in [4.78, 5) is 15.5. The molecular weight excluding hydrogens is 339 g/mol. The predicted octanol–water partition coefficient (Wildman–Crippen LogP) is 3.52. The maximum Gasteiger partial charge on any atom is 0.356 e. The van der Waals surface area contributed by atoms with E-state index in [1.54, 1.807) is 28.8 Å². The summed E-state index contributed by atoms with van der Waals surface area (Å²) in [5, 5.41) is 9.25. The lowest BCUT2D eigenvalue weighted by Crippen LogP contribution is -1.98. The van der Waals surface area contributed by atoms with E-state index in [0.29, 0.717) is 17.8 Å². The van der Waals surface area contributed by atoms with Gasteiger partial charge in [-0.05, 0) is 29.8 Å². The number of aromatic carboxylic acids is 1. The molecular formula is C15H10BrFN2O2. The maximum atomic E-state index is 12.9. The molecule has 1 N–H and O–H groups in total. The average molecular weight is 349 g/mol. The highest BCUT2D eigenvalue weighted by Gasteiger charge is 2.17. The fourth-order valence-electron chi connectivity index (χ4n) is 2.19. The van der Waals surface area contributed by atoms with Crippen LogP contribution in [0.5, 0.6) is 0 Å². The third kappa shape index (κ3) is 2.67. The molecule has 3 aromatic rings. The van der Waals surface area contributed by atoms with Crippen LogP contribution in [-0.4, -0.2) is 20.5 Å². The molecule has 0 amide bonds. The molecule has 0 saturated heterocycles. The Hall–Kier alpha value is -2.21. The number of halogens is 2. The van der Waals surface area contributed by atoms with Gasteiger partial charge in [0, 0.05) is 17.1 Å². The molecule has 0 aliphatic carbocycles. The van der Waals surface area contributed by atoms with Crippen LogP contribution in [0.3, 0.4) is 0 Å². The molecule has 2 aromatic heterocycles. The second-order valence-corrected chi connectivity index (χ2v) is 5.50. The number of hydrogen-bond acceptors (Lipinski definition) is 2. The van der Waals surface area contributed by atoms with Crippen molar-refractivity contribution in [1.29, 1.82) is 0 Å². The lowest BCUT2D eigenvalue weighted by Gasteiger charge is -2.02. The van der Waals surface area contributed by atoms with Gasteiger partial charge in [0.2, 0.25) is 0 Å². The molecule has 0 unspecified atom stereocenters. The van der Waals surface area contributed by atoms with Crippen LogP contribution in [0.15, 0.2) is 47.1 Å². The summed E-state index contributed by atoms with van der Waals surface area (Å²) in [5.74, 6) is -0.778. The van der Waals surface area contributed by atoms with Gasteiger partial charge >= 0.3 is 5.97 Å². The van der Waals surface area contributed by atoms with Crippen LogP contribution in [0.25, 0.3) is 5.52 Å². The van der Waals surface area contributed by atoms with Crippen molar-refractivity contribution in [3.8, 4) is 0 Å². The topological polar surface area (TPSA) is 54.6 Å². The average Bonchev–Trinajstić information content (AvgIpc) is 2.79. The number of hydrogen-bond donors (Lipinski definition) is 1. The minimum Gasteiger partial charge on any atom is -0.476 e. The molecule has 0 aliphatic heterocycles. The maximum absolute atomic E-state index is 12.9. The second-order valence-electron chi connectivity index (χ2n) is 4.59. The van der Waals surface area contributed by atoms with Gasteiger partial charge in [-0.2, -0.15) is 0 Å². The molecule has 4 nitrogen and oxygen atoms in total. The number of carboxylic acids is 1. The first-order valence-corrected chi connectivity index (χ1v) is 6.98. The molecule has 6 heteroatoms. The predicted molar refractivity (Wildman–Crippen MR) is 79.1 cm³/mol. The van der Waals surface area contributed by atoms with Gasteiger partial charge in [0.1, 0.15) is 11.6 Å². The van der Waals surface area contributed by atoms with Gasteiger partial charge in [-0.1, -0.05) is 28.1 Å². The monoisotopic (exact) mass is 348 g/mol. The molecule has 3 rings (SSSR count). The lowest BCUT2D eigenvalue weighted by molar-refractivity contribution is 0.0693. The van der Waals surface area contributed by atoms with Gasteiger partial charge in [-0.25, -0.2) is 14.2 Å². The molecule has 21 heavy (non-hydrogen) atoms. The Kier molecular flexibility index (Phi) is 3.47. The summed E-state index contributed by atoms with van der Waals surface area (Å²) < 4.78 is 15.4. The van der Waals surface area contributed by atoms with Crippen molar-refractivity contribution in [3.05, 3.63) is 70.0 Å². The lowest BCUT2D eigenvalue weighted by atomic mass is 10.1. The van der Waals surface area contributed by atoms with E-state index >= 15 is 0 Å². The highest BCUT2D eigenvalue weighted by molar-refractivity contribution is 9.10. The van der Waals surface area contributed by atoms with Crippen LogP contribution in [0.1, 0.15) is 21.9 Å². The quantitative estimate of drug-likeness (QED) is 0.787. The zero-order chi connectivity index (χ0) is 15.0. The summed E-state index contributed by atoms with van der Waals surface area (Å²) in [6.07, 6.45) is 2.19. The molecule has 0 fully saturated rings. The standard InChI is InChI=1S/C15H10BrFN2O2/c16-10-5-6-19-12(8-10)14(15(20)21)18-13(19)7-9-1-3-11(17)4-2-9/h1-6,8H,7H2,(H,20,21). The summed E-state index contributed by atoms with van der Waals surface area (Å²) in [6, 6.07) is 9.60. The zero-order valence-corrected chi connectivity index (χ0v) is 12.3. The van der Waals surface area contributed by atoms with Crippen LogP contribution in [0.4, 0.5) is 4.39 Å². The first kappa shape index (κ1) is 13.8. The Morgan fingerprint density at radius 3 is 2.67 bits per heavy atom. The van der Waals surface area contributed by atoms with E-state index in [-0.39, 0.29) is 11.5 Å². The number of carbonyl (C=O) groups is 1. The Bertz CT molecular complexity index is 828. The van der Waals surface area contributed by atoms with Gasteiger partial charge in [-0.15, -0.1) is 0 Å². The van der Waals surface area contributed by atoms with Gasteiger partial charge in [0.05, 0.1) is 5.52 Å². The summed E-state index contributed by atoms with van der Waals surface area (Å²) in [6.45, 7) is 0. The smallest absolute Gasteiger partial charge is 0.356 e. The van der Waals surface area contributed by atoms with Crippen molar-refractivity contribution in [2.45, 2.75) is 6.42 Å². The molecule has 0 aliphatic rings. The van der Waals surface area contributed by atoms with Crippen LogP contribution in [-0.2, 0) is 6.42 Å². The largest absolute Gasteiger partial charge is 0.476 e. The molecule has 106 valence electrons. The van der Waals surface area contributed by atoms with E-state index in [9.17, 15) is 14.3 Å². The van der Waals surface area contributed by atoms with Crippen molar-refractivity contribution >= 4 is 27.4 Å². The second kappa shape index (κ2) is 5.29. The molecule has 0 saturated carbocycles. The third-order valence-corrected chi connectivity index (χ3v) is 3.65. The number of benzene rings is 1. The van der Waals surface area contributed by atoms with E-state index in [1.807, 2.05) is 6.07 Å². The van der Waals surface area contributed by atoms with Crippen LogP contribution >= 0.6 is 15.9 Å². The minimum absolute atomic E-state index is 0.00779. The summed E-state index contributed by atoms with van der Waals surface area (Å²) in [5.41, 5.74) is 1.39. The fraction of sp³-hybridized carbons (Fsp3) is 0.0667. The normalized spacial score (nSPS) is 11.0. The van der Waals surface area contributed by atoms with Crippen molar-refractivity contribution in [2.75, 3.05) is 0 Å². The number of carboxylic acid groups (broad SMARTS) is 1. The SMILES string of the molecule is O=C(O)c1nc(Cc2ccc(F)cc2)n2ccc(Br)cc12. The highest BCUT2D eigenvalue weighted by Crippen LogP contribution is 2.20. The van der Waals surface area contributed by atoms with Crippen LogP contribution in [0, 0.1) is 5.82 Å². The number of nitrogens with zero attached hydrogens (tertiary/aromatic N) is 2. The fourth-order valence-corrected chi connectivity index (χ4v) is 2.52. The van der Waals surface area contributed by atoms with Gasteiger partial charge in [-0.3, -0.25) is 0 Å². The Morgan fingerprint density at radius 2 is 2.00 bits per heavy atom. The zero-order valence-electron chi connectivity index (χ0n) is 10.8. The van der Waals surface area contributed by atoms with Gasteiger partial charge in [0.25, 0.3) is 0 Å². The number of rotatable bonds is 3. The van der Waals surface area contributed by atoms with E-state index < -0.39 is 5.97 Å². The van der Waals surface area contributed by atoms with Crippen molar-refractivity contribution in [2.24, 2.45) is 0 Å². The molecule has 1 aromatic carbocycles. The summed E-state index contributed by atoms with van der Waals surface area (Å²) in [7, 11) is 0. The molecule has 0 atom stereocenters. The van der Waals surface area contributed by atoms with Crippen LogP contribution in [0.2, 0.25) is 0 Å². The van der Waals surface area contributed by atoms with E-state index in [2.05, 4.69) is 20.9 Å². The number of fused-ring (bicyclic) bond motifs is 1. The molecule has 0 radical (unpaired) electrons. The highest BCUT2D eigenvalue weighted by atomic mass is 79.9. The number of pyridine rings is 1. The van der Waals surface area contributed by atoms with Crippen molar-refractivity contribution in [1.82, 2.24) is 9.38 Å². The Labute approximate surface area is 128 Å². The van der Waals surface area contributed by atoms with Crippen molar-refractivity contribution < 1.29 is 14.3 Å². The van der Waals surface area contributed by atoms with E-state index in [4.69, 9.17) is 0 Å². The molecule has 0 spiro atoms. The number of imidazole rings is 1. The Morgan fingerprint density at radius 1 is 1.29 bits per heavy atom.